The van der Waals surface area contributed by atoms with Crippen molar-refractivity contribution in [3.63, 3.8) is 0 Å². The van der Waals surface area contributed by atoms with Crippen LogP contribution in [-0.4, -0.2) is 0 Å². The monoisotopic (exact) mass is 661 g/mol. The highest BCUT2D eigenvalue weighted by Crippen LogP contribution is 2.24. The van der Waals surface area contributed by atoms with Gasteiger partial charge in [-0.25, -0.2) is 0 Å². The van der Waals surface area contributed by atoms with Crippen molar-refractivity contribution in [3.05, 3.63) is 0 Å². The second-order valence-corrected chi connectivity index (χ2v) is 16.3. The van der Waals surface area contributed by atoms with Gasteiger partial charge in [-0.15, -0.1) is 0 Å². The number of hydrogen-bond donors (Lipinski definition) is 0. The minimum atomic E-state index is 1.03. The lowest BCUT2D eigenvalue weighted by Crippen LogP contribution is -2.00. The lowest BCUT2D eigenvalue weighted by molar-refractivity contribution is 0.376. The summed E-state index contributed by atoms with van der Waals surface area (Å²) in [6, 6.07) is 0. The molecular weight excluding hydrogens is 565 g/mol. The molecule has 0 saturated heterocycles. The molecule has 0 bridgehead atoms. The van der Waals surface area contributed by atoms with Gasteiger partial charge in [0, 0.05) is 0 Å². The zero-order valence-corrected chi connectivity index (χ0v) is 34.0. The topological polar surface area (TPSA) is 0 Å². The minimum absolute atomic E-state index is 1.03. The van der Waals surface area contributed by atoms with Gasteiger partial charge in [0.1, 0.15) is 0 Å². The fourth-order valence-electron chi connectivity index (χ4n) is 8.04. The van der Waals surface area contributed by atoms with Crippen LogP contribution in [0.5, 0.6) is 0 Å². The van der Waals surface area contributed by atoms with Crippen LogP contribution in [0.4, 0.5) is 0 Å². The molecule has 0 saturated carbocycles. The quantitative estimate of drug-likeness (QED) is 0.0571. The molecule has 0 fully saturated rings. The summed E-state index contributed by atoms with van der Waals surface area (Å²) in [6.45, 7) is 7.03. The molecule has 0 rings (SSSR count). The molecule has 0 aliphatic carbocycles. The summed E-state index contributed by atoms with van der Waals surface area (Å²) in [4.78, 5) is 0. The van der Waals surface area contributed by atoms with E-state index in [9.17, 15) is 0 Å². The van der Waals surface area contributed by atoms with Gasteiger partial charge in [0.15, 0.2) is 0 Å². The minimum Gasteiger partial charge on any atom is -0.0654 e. The Balaban J connectivity index is 3.32. The highest BCUT2D eigenvalue weighted by atomic mass is 14.1. The Morgan fingerprint density at radius 3 is 0.511 bits per heavy atom. The summed E-state index contributed by atoms with van der Waals surface area (Å²) >= 11 is 0. The van der Waals surface area contributed by atoms with Gasteiger partial charge in [-0.3, -0.25) is 0 Å². The molecule has 284 valence electrons. The molecule has 0 spiro atoms. The summed E-state index contributed by atoms with van der Waals surface area (Å²) in [5.41, 5.74) is 0. The normalized spacial score (nSPS) is 12.3. The molecule has 0 nitrogen and oxygen atoms in total. The van der Waals surface area contributed by atoms with Gasteiger partial charge in [0.05, 0.1) is 0 Å². The van der Waals surface area contributed by atoms with Crippen molar-refractivity contribution in [2.45, 2.75) is 297 Å². The zero-order valence-electron chi connectivity index (χ0n) is 34.0. The van der Waals surface area contributed by atoms with Crippen molar-refractivity contribution in [1.82, 2.24) is 0 Å². The van der Waals surface area contributed by atoms with Crippen molar-refractivity contribution in [1.29, 1.82) is 0 Å². The molecular formula is C47H96. The van der Waals surface area contributed by atoms with Gasteiger partial charge >= 0.3 is 0 Å². The Bertz CT molecular complexity index is 508. The molecule has 0 aromatic heterocycles. The smallest absolute Gasteiger partial charge is 0.0414 e. The third-order valence-electron chi connectivity index (χ3n) is 11.4. The summed E-state index contributed by atoms with van der Waals surface area (Å²) < 4.78 is 0. The maximum atomic E-state index is 2.40. The van der Waals surface area contributed by atoms with E-state index in [1.165, 1.54) is 276 Å². The van der Waals surface area contributed by atoms with Crippen LogP contribution < -0.4 is 0 Å². The van der Waals surface area contributed by atoms with E-state index in [-0.39, 0.29) is 0 Å². The molecule has 0 aliphatic heterocycles. The standard InChI is InChI=1S/C47H96/c1-4-7-9-11-13-15-17-19-21-23-25-26-27-29-31-33-35-37-39-41-43-46-47(44-6-3)45-42-40-38-36-34-32-30-28-24-22-20-18-16-14-12-10-8-5-2/h47H,4-46H2,1-3H3. The third-order valence-corrected chi connectivity index (χ3v) is 11.4. The van der Waals surface area contributed by atoms with Crippen LogP contribution in [0.2, 0.25) is 0 Å². The molecule has 1 atom stereocenters. The summed E-state index contributed by atoms with van der Waals surface area (Å²) in [7, 11) is 0. The molecule has 0 radical (unpaired) electrons. The van der Waals surface area contributed by atoms with Gasteiger partial charge < -0.3 is 0 Å². The summed E-state index contributed by atoms with van der Waals surface area (Å²) in [6.07, 6.45) is 63.8. The summed E-state index contributed by atoms with van der Waals surface area (Å²) in [5.74, 6) is 1.03. The highest BCUT2D eigenvalue weighted by Gasteiger charge is 2.07. The maximum Gasteiger partial charge on any atom is -0.0414 e. The van der Waals surface area contributed by atoms with E-state index in [1.807, 2.05) is 0 Å². The first-order valence-corrected chi connectivity index (χ1v) is 23.3. The molecule has 0 amide bonds. The van der Waals surface area contributed by atoms with Crippen molar-refractivity contribution in [2.24, 2.45) is 5.92 Å². The van der Waals surface area contributed by atoms with E-state index >= 15 is 0 Å². The van der Waals surface area contributed by atoms with E-state index in [2.05, 4.69) is 20.8 Å². The van der Waals surface area contributed by atoms with Crippen LogP contribution in [0.1, 0.15) is 297 Å². The highest BCUT2D eigenvalue weighted by molar-refractivity contribution is 4.61. The molecule has 0 N–H and O–H groups in total. The molecule has 1 unspecified atom stereocenters. The summed E-state index contributed by atoms with van der Waals surface area (Å²) in [5, 5.41) is 0. The van der Waals surface area contributed by atoms with Crippen molar-refractivity contribution in [3.8, 4) is 0 Å². The van der Waals surface area contributed by atoms with E-state index in [1.54, 1.807) is 0 Å². The predicted molar refractivity (Wildman–Crippen MR) is 219 cm³/mol. The average molecular weight is 661 g/mol. The number of rotatable bonds is 43. The first kappa shape index (κ1) is 47.0. The molecule has 0 heteroatoms. The van der Waals surface area contributed by atoms with Crippen LogP contribution >= 0.6 is 0 Å². The maximum absolute atomic E-state index is 2.40. The van der Waals surface area contributed by atoms with Crippen molar-refractivity contribution in [2.75, 3.05) is 0 Å². The van der Waals surface area contributed by atoms with Crippen LogP contribution in [0.25, 0.3) is 0 Å². The fraction of sp³-hybridized carbons (Fsp3) is 1.00. The lowest BCUT2D eigenvalue weighted by atomic mass is 9.90. The molecule has 47 heavy (non-hydrogen) atoms. The van der Waals surface area contributed by atoms with Crippen LogP contribution in [0.3, 0.4) is 0 Å². The molecule has 0 aliphatic rings. The van der Waals surface area contributed by atoms with Gasteiger partial charge in [-0.05, 0) is 5.92 Å². The Kier molecular flexibility index (Phi) is 44.0. The molecule has 0 heterocycles. The second-order valence-electron chi connectivity index (χ2n) is 16.3. The first-order valence-electron chi connectivity index (χ1n) is 23.3. The SMILES string of the molecule is CCCCCCCCCCCCCCCCCCCCCCCC(CCC)CCCCCCCCCCCCCCCCCCCC. The average Bonchev–Trinajstić information content (AvgIpc) is 3.08. The fourth-order valence-corrected chi connectivity index (χ4v) is 8.04. The largest absolute Gasteiger partial charge is 0.0654 e. The molecule has 0 aromatic carbocycles. The Morgan fingerprint density at radius 2 is 0.340 bits per heavy atom. The Hall–Kier alpha value is 0. The van der Waals surface area contributed by atoms with Crippen LogP contribution in [0.15, 0.2) is 0 Å². The van der Waals surface area contributed by atoms with Gasteiger partial charge in [-0.2, -0.15) is 0 Å². The Morgan fingerprint density at radius 1 is 0.170 bits per heavy atom. The second kappa shape index (κ2) is 44.0. The predicted octanol–water partition coefficient (Wildman–Crippen LogP) is 18.4. The van der Waals surface area contributed by atoms with Crippen molar-refractivity contribution < 1.29 is 0 Å². The third kappa shape index (κ3) is 42.1. The van der Waals surface area contributed by atoms with Gasteiger partial charge in [0.2, 0.25) is 0 Å². The van der Waals surface area contributed by atoms with Crippen LogP contribution in [0, 0.1) is 5.92 Å². The van der Waals surface area contributed by atoms with Gasteiger partial charge in [-0.1, -0.05) is 297 Å². The van der Waals surface area contributed by atoms with E-state index in [0.717, 1.165) is 5.92 Å². The van der Waals surface area contributed by atoms with E-state index in [4.69, 9.17) is 0 Å². The van der Waals surface area contributed by atoms with E-state index < -0.39 is 0 Å². The zero-order chi connectivity index (χ0) is 34.0. The lowest BCUT2D eigenvalue weighted by Gasteiger charge is -2.16. The van der Waals surface area contributed by atoms with Crippen molar-refractivity contribution >= 4 is 0 Å². The van der Waals surface area contributed by atoms with Crippen LogP contribution in [-0.2, 0) is 0 Å². The van der Waals surface area contributed by atoms with E-state index in [0.29, 0.717) is 0 Å². The molecule has 0 aromatic rings. The first-order chi connectivity index (χ1) is 23.3. The number of unbranched alkanes of at least 4 members (excludes halogenated alkanes) is 37. The van der Waals surface area contributed by atoms with Gasteiger partial charge in [0.25, 0.3) is 0 Å². The Labute approximate surface area is 302 Å². The number of hydrogen-bond acceptors (Lipinski definition) is 0.